The Labute approximate surface area is 93.5 Å². The Hall–Kier alpha value is -1.89. The number of nitrogens with zero attached hydrogens (tertiary/aromatic N) is 2. The third kappa shape index (κ3) is 2.01. The summed E-state index contributed by atoms with van der Waals surface area (Å²) in [6, 6.07) is 3.15. The van der Waals surface area contributed by atoms with Gasteiger partial charge in [0.1, 0.15) is 0 Å². The Morgan fingerprint density at radius 3 is 2.71 bits per heavy atom. The molecule has 0 amide bonds. The number of nitrogens with two attached hydrogens (primary N) is 1. The number of aromatic nitrogens is 2. The van der Waals surface area contributed by atoms with E-state index in [9.17, 15) is 18.0 Å². The minimum atomic E-state index is -4.56. The zero-order valence-electron chi connectivity index (χ0n) is 8.53. The summed E-state index contributed by atoms with van der Waals surface area (Å²) in [4.78, 5) is 15.3. The molecule has 0 aliphatic rings. The van der Waals surface area contributed by atoms with Gasteiger partial charge in [-0.15, -0.1) is 0 Å². The second-order valence-corrected chi connectivity index (χ2v) is 3.40. The summed E-state index contributed by atoms with van der Waals surface area (Å²) >= 11 is 0. The fourth-order valence-corrected chi connectivity index (χ4v) is 1.50. The van der Waals surface area contributed by atoms with Crippen LogP contribution in [0.5, 0.6) is 0 Å². The van der Waals surface area contributed by atoms with Gasteiger partial charge < -0.3 is 5.73 Å². The minimum absolute atomic E-state index is 0.0854. The van der Waals surface area contributed by atoms with Crippen molar-refractivity contribution in [2.75, 3.05) is 0 Å². The van der Waals surface area contributed by atoms with Crippen molar-refractivity contribution in [1.82, 2.24) is 9.38 Å². The van der Waals surface area contributed by atoms with Gasteiger partial charge >= 0.3 is 6.18 Å². The molecule has 0 spiro atoms. The van der Waals surface area contributed by atoms with E-state index in [2.05, 4.69) is 4.98 Å². The Balaban J connectivity index is 2.88. The molecule has 0 saturated heterocycles. The lowest BCUT2D eigenvalue weighted by atomic mass is 10.2. The second-order valence-electron chi connectivity index (χ2n) is 3.40. The van der Waals surface area contributed by atoms with Crippen LogP contribution in [-0.4, -0.2) is 9.38 Å². The van der Waals surface area contributed by atoms with E-state index in [1.165, 1.54) is 6.20 Å². The number of hydrogen-bond acceptors (Lipinski definition) is 3. The molecule has 0 saturated carbocycles. The molecule has 2 heterocycles. The summed E-state index contributed by atoms with van der Waals surface area (Å²) in [5.74, 6) is 0. The monoisotopic (exact) mass is 243 g/mol. The Morgan fingerprint density at radius 1 is 1.41 bits per heavy atom. The minimum Gasteiger partial charge on any atom is -0.325 e. The first-order valence-electron chi connectivity index (χ1n) is 4.72. The van der Waals surface area contributed by atoms with Gasteiger partial charge in [-0.05, 0) is 12.1 Å². The largest absolute Gasteiger partial charge is 0.419 e. The fraction of sp³-hybridized carbons (Fsp3) is 0.200. The maximum atomic E-state index is 12.7. The summed E-state index contributed by atoms with van der Waals surface area (Å²) in [5, 5.41) is 0. The Kier molecular flexibility index (Phi) is 2.62. The predicted octanol–water partition coefficient (Wildman–Crippen LogP) is 1.17. The molecule has 4 nitrogen and oxygen atoms in total. The van der Waals surface area contributed by atoms with Crippen molar-refractivity contribution in [3.63, 3.8) is 0 Å². The topological polar surface area (TPSA) is 60.4 Å². The number of fused-ring (bicyclic) bond motifs is 1. The van der Waals surface area contributed by atoms with Crippen LogP contribution in [-0.2, 0) is 12.7 Å². The number of alkyl halides is 3. The van der Waals surface area contributed by atoms with E-state index in [0.29, 0.717) is 0 Å². The maximum absolute atomic E-state index is 12.7. The van der Waals surface area contributed by atoms with Gasteiger partial charge in [0, 0.05) is 18.8 Å². The molecule has 90 valence electrons. The average Bonchev–Trinajstić information content (AvgIpc) is 2.26. The first kappa shape index (κ1) is 11.6. The standard InChI is InChI=1S/C10H8F3N3O/c11-10(12,13)7-2-1-3-16-8(17)4-6(5-14)15-9(7)16/h1-4H,5,14H2. The summed E-state index contributed by atoms with van der Waals surface area (Å²) < 4.78 is 38.9. The van der Waals surface area contributed by atoms with Crippen LogP contribution in [0.1, 0.15) is 11.3 Å². The van der Waals surface area contributed by atoms with Gasteiger partial charge in [-0.1, -0.05) is 0 Å². The molecule has 0 aliphatic carbocycles. The maximum Gasteiger partial charge on any atom is 0.419 e. The van der Waals surface area contributed by atoms with Gasteiger partial charge in [0.05, 0.1) is 11.3 Å². The number of pyridine rings is 1. The molecular weight excluding hydrogens is 235 g/mol. The molecule has 17 heavy (non-hydrogen) atoms. The summed E-state index contributed by atoms with van der Waals surface area (Å²) in [7, 11) is 0. The molecule has 0 fully saturated rings. The highest BCUT2D eigenvalue weighted by Gasteiger charge is 2.33. The molecule has 0 aromatic carbocycles. The highest BCUT2D eigenvalue weighted by molar-refractivity contribution is 5.49. The van der Waals surface area contributed by atoms with E-state index in [1.807, 2.05) is 0 Å². The van der Waals surface area contributed by atoms with E-state index < -0.39 is 22.9 Å². The molecule has 2 aromatic rings. The first-order valence-corrected chi connectivity index (χ1v) is 4.72. The van der Waals surface area contributed by atoms with Crippen LogP contribution in [0.2, 0.25) is 0 Å². The van der Waals surface area contributed by atoms with Crippen LogP contribution in [0.4, 0.5) is 13.2 Å². The zero-order chi connectivity index (χ0) is 12.6. The van der Waals surface area contributed by atoms with Crippen molar-refractivity contribution in [3.8, 4) is 0 Å². The Bertz CT molecular complexity index is 618. The lowest BCUT2D eigenvalue weighted by Gasteiger charge is -2.10. The van der Waals surface area contributed by atoms with E-state index in [1.54, 1.807) is 0 Å². The van der Waals surface area contributed by atoms with E-state index in [0.717, 1.165) is 22.6 Å². The van der Waals surface area contributed by atoms with Gasteiger partial charge in [0.25, 0.3) is 5.56 Å². The molecule has 0 aliphatic heterocycles. The Morgan fingerprint density at radius 2 is 2.12 bits per heavy atom. The van der Waals surface area contributed by atoms with E-state index >= 15 is 0 Å². The van der Waals surface area contributed by atoms with Crippen LogP contribution in [0.3, 0.4) is 0 Å². The molecule has 2 rings (SSSR count). The van der Waals surface area contributed by atoms with Crippen LogP contribution in [0.25, 0.3) is 5.65 Å². The lowest BCUT2D eigenvalue weighted by Crippen LogP contribution is -2.20. The number of halogens is 3. The summed E-state index contributed by atoms with van der Waals surface area (Å²) in [6.45, 7) is -0.0854. The molecule has 7 heteroatoms. The summed E-state index contributed by atoms with van der Waals surface area (Å²) in [5.41, 5.74) is 3.45. The van der Waals surface area contributed by atoms with Crippen LogP contribution in [0, 0.1) is 0 Å². The van der Waals surface area contributed by atoms with Crippen LogP contribution >= 0.6 is 0 Å². The predicted molar refractivity (Wildman–Crippen MR) is 54.4 cm³/mol. The molecule has 0 unspecified atom stereocenters. The number of hydrogen-bond donors (Lipinski definition) is 1. The fourth-order valence-electron chi connectivity index (χ4n) is 1.50. The number of rotatable bonds is 1. The third-order valence-electron chi connectivity index (χ3n) is 2.26. The first-order chi connectivity index (χ1) is 7.93. The quantitative estimate of drug-likeness (QED) is 0.817. The van der Waals surface area contributed by atoms with E-state index in [-0.39, 0.29) is 12.2 Å². The third-order valence-corrected chi connectivity index (χ3v) is 2.26. The van der Waals surface area contributed by atoms with Gasteiger partial charge in [0.2, 0.25) is 0 Å². The smallest absolute Gasteiger partial charge is 0.325 e. The lowest BCUT2D eigenvalue weighted by molar-refractivity contribution is -0.136. The van der Waals surface area contributed by atoms with Crippen LogP contribution < -0.4 is 11.3 Å². The van der Waals surface area contributed by atoms with Crippen molar-refractivity contribution in [2.45, 2.75) is 12.7 Å². The van der Waals surface area contributed by atoms with Crippen molar-refractivity contribution in [3.05, 3.63) is 46.0 Å². The molecule has 0 radical (unpaired) electrons. The second kappa shape index (κ2) is 3.85. The molecular formula is C10H8F3N3O. The zero-order valence-corrected chi connectivity index (χ0v) is 8.53. The van der Waals surface area contributed by atoms with Gasteiger partial charge in [-0.2, -0.15) is 13.2 Å². The normalized spacial score (nSPS) is 12.0. The van der Waals surface area contributed by atoms with Crippen LogP contribution in [0.15, 0.2) is 29.2 Å². The average molecular weight is 243 g/mol. The SMILES string of the molecule is NCc1cc(=O)n2cccc(C(F)(F)F)c2n1. The van der Waals surface area contributed by atoms with Gasteiger partial charge in [-0.25, -0.2) is 4.98 Å². The van der Waals surface area contributed by atoms with Gasteiger partial charge in [-0.3, -0.25) is 9.20 Å². The van der Waals surface area contributed by atoms with Crippen molar-refractivity contribution in [1.29, 1.82) is 0 Å². The molecule has 0 atom stereocenters. The molecule has 2 N–H and O–H groups in total. The molecule has 0 bridgehead atoms. The van der Waals surface area contributed by atoms with Gasteiger partial charge in [0.15, 0.2) is 5.65 Å². The molecule has 2 aromatic heterocycles. The van der Waals surface area contributed by atoms with Crippen molar-refractivity contribution in [2.24, 2.45) is 5.73 Å². The highest BCUT2D eigenvalue weighted by Crippen LogP contribution is 2.31. The highest BCUT2D eigenvalue weighted by atomic mass is 19.4. The van der Waals surface area contributed by atoms with Crippen molar-refractivity contribution < 1.29 is 13.2 Å². The summed E-state index contributed by atoms with van der Waals surface area (Å²) in [6.07, 6.45) is -3.32. The van der Waals surface area contributed by atoms with Crippen molar-refractivity contribution >= 4 is 5.65 Å². The van der Waals surface area contributed by atoms with E-state index in [4.69, 9.17) is 5.73 Å².